The summed E-state index contributed by atoms with van der Waals surface area (Å²) in [4.78, 5) is 19.5. The number of ether oxygens (including phenoxy) is 1. The maximum atomic E-state index is 10.2. The van der Waals surface area contributed by atoms with Crippen LogP contribution in [-0.2, 0) is 9.53 Å². The van der Waals surface area contributed by atoms with Gasteiger partial charge < -0.3 is 15.6 Å². The van der Waals surface area contributed by atoms with E-state index in [-0.39, 0.29) is 0 Å². The Morgan fingerprint density at radius 2 is 1.67 bits per heavy atom. The summed E-state index contributed by atoms with van der Waals surface area (Å²) < 4.78 is 4.64. The van der Waals surface area contributed by atoms with Crippen LogP contribution in [0.3, 0.4) is 0 Å². The molecule has 0 heterocycles. The van der Waals surface area contributed by atoms with E-state index in [4.69, 9.17) is 10.8 Å². The first-order valence-electron chi connectivity index (χ1n) is 3.92. The van der Waals surface area contributed by atoms with Gasteiger partial charge in [-0.1, -0.05) is 19.7 Å². The minimum Gasteiger partial charge on any atom is -0.478 e. The molecule has 0 spiro atoms. The van der Waals surface area contributed by atoms with Crippen LogP contribution in [0.15, 0.2) is 38.0 Å². The molecule has 0 saturated heterocycles. The highest BCUT2D eigenvalue weighted by Crippen LogP contribution is 2.11. The van der Waals surface area contributed by atoms with E-state index in [0.717, 1.165) is 6.08 Å². The van der Waals surface area contributed by atoms with Crippen molar-refractivity contribution in [1.82, 2.24) is 0 Å². The normalized spacial score (nSPS) is 8.87. The minimum atomic E-state index is -0.981. The maximum absolute atomic E-state index is 10.2. The molecule has 15 heavy (non-hydrogen) atoms. The lowest BCUT2D eigenvalue weighted by molar-refractivity contribution is -0.131. The van der Waals surface area contributed by atoms with Crippen LogP contribution in [0.5, 0.6) is 0 Å². The summed E-state index contributed by atoms with van der Waals surface area (Å²) in [6, 6.07) is 0. The Kier molecular flexibility index (Phi) is 7.58. The number of nitrogens with two attached hydrogens (primary N) is 1. The average molecular weight is 213 g/mol. The van der Waals surface area contributed by atoms with Gasteiger partial charge in [-0.15, -0.1) is 0 Å². The third-order valence-electron chi connectivity index (χ3n) is 1.31. The fourth-order valence-electron chi connectivity index (χ4n) is 0.383. The van der Waals surface area contributed by atoms with Gasteiger partial charge in [-0.05, 0) is 19.1 Å². The van der Waals surface area contributed by atoms with Crippen LogP contribution in [0.25, 0.3) is 0 Å². The summed E-state index contributed by atoms with van der Waals surface area (Å²) in [6.07, 6.45) is 2.90. The minimum absolute atomic E-state index is 0.831. The number of primary amides is 1. The van der Waals surface area contributed by atoms with Crippen molar-refractivity contribution in [2.75, 3.05) is 0 Å². The van der Waals surface area contributed by atoms with Crippen LogP contribution < -0.4 is 5.73 Å². The average Bonchev–Trinajstić information content (AvgIpc) is 2.17. The molecule has 5 heteroatoms. The van der Waals surface area contributed by atoms with Crippen LogP contribution in [0.4, 0.5) is 4.79 Å². The highest BCUT2D eigenvalue weighted by atomic mass is 16.6. The van der Waals surface area contributed by atoms with Crippen LogP contribution in [0.1, 0.15) is 6.92 Å². The van der Waals surface area contributed by atoms with E-state index in [1.165, 1.54) is 12.2 Å². The Morgan fingerprint density at radius 1 is 1.33 bits per heavy atom. The molecule has 0 aromatic heterocycles. The van der Waals surface area contributed by atoms with Gasteiger partial charge >= 0.3 is 12.1 Å². The molecule has 0 bridgehead atoms. The van der Waals surface area contributed by atoms with E-state index < -0.39 is 17.7 Å². The van der Waals surface area contributed by atoms with Crippen LogP contribution >= 0.6 is 0 Å². The zero-order chi connectivity index (χ0) is 12.5. The van der Waals surface area contributed by atoms with E-state index in [1.807, 2.05) is 0 Å². The number of carbonyl (C=O) groups excluding carboxylic acids is 1. The molecule has 0 fully saturated rings. The number of carboxylic acids is 1. The van der Waals surface area contributed by atoms with Gasteiger partial charge in [0.05, 0.1) is 0 Å². The van der Waals surface area contributed by atoms with Gasteiger partial charge in [0.2, 0.25) is 0 Å². The van der Waals surface area contributed by atoms with Crippen LogP contribution in [0, 0.1) is 0 Å². The van der Waals surface area contributed by atoms with Gasteiger partial charge in [0.15, 0.2) is 0 Å². The van der Waals surface area contributed by atoms with E-state index >= 15 is 0 Å². The zero-order valence-corrected chi connectivity index (χ0v) is 8.60. The molecule has 84 valence electrons. The summed E-state index contributed by atoms with van der Waals surface area (Å²) in [6.45, 7) is 11.5. The molecule has 0 aliphatic carbocycles. The summed E-state index contributed by atoms with van der Waals surface area (Å²) in [5.74, 6) is -0.981. The number of amides is 1. The molecular formula is C10H15NO4. The first kappa shape index (κ1) is 15.4. The monoisotopic (exact) mass is 213 g/mol. The topological polar surface area (TPSA) is 89.6 Å². The molecule has 5 nitrogen and oxygen atoms in total. The molecule has 1 amide bonds. The summed E-state index contributed by atoms with van der Waals surface area (Å²) in [5.41, 5.74) is 3.93. The van der Waals surface area contributed by atoms with Crippen molar-refractivity contribution >= 4 is 12.1 Å². The highest BCUT2D eigenvalue weighted by Gasteiger charge is 2.18. The Balaban J connectivity index is 0. The molecule has 0 radical (unpaired) electrons. The first-order valence-corrected chi connectivity index (χ1v) is 3.92. The predicted octanol–water partition coefficient (Wildman–Crippen LogP) is 1.47. The zero-order valence-electron chi connectivity index (χ0n) is 8.60. The SMILES string of the molecule is C=CC(=O)O.C=CC(C)(C=C)OC(N)=O. The van der Waals surface area contributed by atoms with Crippen molar-refractivity contribution in [3.05, 3.63) is 38.0 Å². The standard InChI is InChI=1S/C7H11NO2.C3H4O2/c1-4-7(3,5-2)10-6(8)9;1-2-3(4)5/h4-5H,1-2H2,3H3,(H2,8,9);2H,1H2,(H,4,5). The van der Waals surface area contributed by atoms with E-state index in [0.29, 0.717) is 0 Å². The number of carboxylic acid groups (broad SMARTS) is 1. The molecule has 0 unspecified atom stereocenters. The lowest BCUT2D eigenvalue weighted by atomic mass is 10.1. The predicted molar refractivity (Wildman–Crippen MR) is 57.3 cm³/mol. The number of carbonyl (C=O) groups is 2. The van der Waals surface area contributed by atoms with Gasteiger partial charge in [-0.3, -0.25) is 0 Å². The van der Waals surface area contributed by atoms with E-state index in [9.17, 15) is 9.59 Å². The molecule has 0 atom stereocenters. The van der Waals surface area contributed by atoms with Gasteiger partial charge in [-0.25, -0.2) is 9.59 Å². The summed E-state index contributed by atoms with van der Waals surface area (Å²) >= 11 is 0. The highest BCUT2D eigenvalue weighted by molar-refractivity contribution is 5.78. The van der Waals surface area contributed by atoms with Gasteiger partial charge in [-0.2, -0.15) is 0 Å². The van der Waals surface area contributed by atoms with Crippen molar-refractivity contribution in [2.45, 2.75) is 12.5 Å². The van der Waals surface area contributed by atoms with Crippen molar-refractivity contribution in [3.8, 4) is 0 Å². The fourth-order valence-corrected chi connectivity index (χ4v) is 0.383. The molecule has 0 aliphatic rings. The second kappa shape index (κ2) is 7.37. The van der Waals surface area contributed by atoms with Crippen LogP contribution in [0.2, 0.25) is 0 Å². The first-order chi connectivity index (χ1) is 6.81. The second-order valence-corrected chi connectivity index (χ2v) is 2.56. The number of hydrogen-bond acceptors (Lipinski definition) is 3. The number of hydrogen-bond donors (Lipinski definition) is 2. The van der Waals surface area contributed by atoms with E-state index in [1.54, 1.807) is 6.92 Å². The molecule has 0 saturated carbocycles. The molecular weight excluding hydrogens is 198 g/mol. The molecule has 0 aromatic carbocycles. The Bertz CT molecular complexity index is 263. The van der Waals surface area contributed by atoms with Gasteiger partial charge in [0.25, 0.3) is 0 Å². The summed E-state index contributed by atoms with van der Waals surface area (Å²) in [7, 11) is 0. The number of rotatable bonds is 4. The quantitative estimate of drug-likeness (QED) is 0.546. The van der Waals surface area contributed by atoms with Crippen molar-refractivity contribution in [2.24, 2.45) is 5.73 Å². The Morgan fingerprint density at radius 3 is 1.73 bits per heavy atom. The lowest BCUT2D eigenvalue weighted by Gasteiger charge is -2.19. The van der Waals surface area contributed by atoms with E-state index in [2.05, 4.69) is 24.5 Å². The fraction of sp³-hybridized carbons (Fsp3) is 0.200. The van der Waals surface area contributed by atoms with Crippen molar-refractivity contribution in [1.29, 1.82) is 0 Å². The molecule has 0 aliphatic heterocycles. The second-order valence-electron chi connectivity index (χ2n) is 2.56. The van der Waals surface area contributed by atoms with Crippen LogP contribution in [-0.4, -0.2) is 22.8 Å². The maximum Gasteiger partial charge on any atom is 0.405 e. The van der Waals surface area contributed by atoms with Crippen molar-refractivity contribution in [3.63, 3.8) is 0 Å². The molecule has 0 rings (SSSR count). The van der Waals surface area contributed by atoms with Gasteiger partial charge in [0.1, 0.15) is 5.60 Å². The smallest absolute Gasteiger partial charge is 0.405 e. The third kappa shape index (κ3) is 9.88. The Labute approximate surface area is 88.5 Å². The third-order valence-corrected chi connectivity index (χ3v) is 1.31. The molecule has 3 N–H and O–H groups in total. The number of aliphatic carboxylic acids is 1. The van der Waals surface area contributed by atoms with Crippen molar-refractivity contribution < 1.29 is 19.4 Å². The van der Waals surface area contributed by atoms with Gasteiger partial charge in [0, 0.05) is 6.08 Å². The lowest BCUT2D eigenvalue weighted by Crippen LogP contribution is -2.29. The summed E-state index contributed by atoms with van der Waals surface area (Å²) in [5, 5.41) is 7.60. The molecule has 0 aromatic rings. The largest absolute Gasteiger partial charge is 0.478 e. The Hall–Kier alpha value is -2.04.